The molecule has 2 aliphatic rings. The standard InChI is InChI=1S/C20H38N2.C2H6/c1-5-8-17-14(4)16(7-3)19(11-12-21)20(22)13-15(6-2)9-10-18(17)20;1-2/h15-19H,4-13,21-22H2,1-3H3;1-2H3/t15?,16-,17-,18?,19+,20?;/m1./s1. The average Bonchev–Trinajstić information content (AvgIpc) is 2.60. The summed E-state index contributed by atoms with van der Waals surface area (Å²) in [6.07, 6.45) is 9.90. The summed E-state index contributed by atoms with van der Waals surface area (Å²) in [5, 5.41) is 0. The molecule has 142 valence electrons. The van der Waals surface area contributed by atoms with Crippen molar-refractivity contribution in [3.8, 4) is 0 Å². The molecule has 2 aliphatic carbocycles. The Morgan fingerprint density at radius 1 is 1.04 bits per heavy atom. The topological polar surface area (TPSA) is 52.0 Å². The molecule has 0 aromatic carbocycles. The molecule has 6 atom stereocenters. The van der Waals surface area contributed by atoms with Crippen LogP contribution in [0.15, 0.2) is 12.2 Å². The summed E-state index contributed by atoms with van der Waals surface area (Å²) in [6.45, 7) is 16.3. The van der Waals surface area contributed by atoms with Gasteiger partial charge in [-0.25, -0.2) is 0 Å². The molecule has 2 saturated carbocycles. The molecule has 2 nitrogen and oxygen atoms in total. The molecular formula is C22H44N2. The van der Waals surface area contributed by atoms with E-state index in [1.165, 1.54) is 50.5 Å². The number of hydrogen-bond acceptors (Lipinski definition) is 2. The molecule has 0 heterocycles. The zero-order chi connectivity index (χ0) is 18.3. The first-order valence-electron chi connectivity index (χ1n) is 10.7. The summed E-state index contributed by atoms with van der Waals surface area (Å²) in [6, 6.07) is 0. The molecule has 2 fully saturated rings. The maximum absolute atomic E-state index is 7.21. The molecule has 0 spiro atoms. The SMILES string of the molecule is C=C1[C@@H](CCC)C2CCC(CC)CC2(N)[C@@H](CCN)[C@@H]1CC.CC. The number of fused-ring (bicyclic) bond motifs is 1. The van der Waals surface area contributed by atoms with Crippen molar-refractivity contribution < 1.29 is 0 Å². The molecule has 0 aromatic heterocycles. The van der Waals surface area contributed by atoms with Crippen LogP contribution in [0.2, 0.25) is 0 Å². The highest BCUT2D eigenvalue weighted by atomic mass is 14.8. The van der Waals surface area contributed by atoms with Gasteiger partial charge in [0.15, 0.2) is 0 Å². The second kappa shape index (κ2) is 9.97. The third-order valence-corrected chi connectivity index (χ3v) is 6.93. The minimum Gasteiger partial charge on any atom is -0.330 e. The quantitative estimate of drug-likeness (QED) is 0.628. The smallest absolute Gasteiger partial charge is 0.0226 e. The molecule has 24 heavy (non-hydrogen) atoms. The van der Waals surface area contributed by atoms with E-state index in [1.54, 1.807) is 0 Å². The van der Waals surface area contributed by atoms with Gasteiger partial charge in [0, 0.05) is 5.54 Å². The number of allylic oxidation sites excluding steroid dienone is 1. The maximum atomic E-state index is 7.21. The van der Waals surface area contributed by atoms with E-state index in [1.807, 2.05) is 13.8 Å². The lowest BCUT2D eigenvalue weighted by Crippen LogP contribution is -2.64. The van der Waals surface area contributed by atoms with Crippen LogP contribution in [0.5, 0.6) is 0 Å². The third-order valence-electron chi connectivity index (χ3n) is 6.93. The van der Waals surface area contributed by atoms with E-state index in [-0.39, 0.29) is 5.54 Å². The monoisotopic (exact) mass is 336 g/mol. The minimum absolute atomic E-state index is 0. The molecule has 3 unspecified atom stereocenters. The molecule has 0 bridgehead atoms. The first-order chi connectivity index (χ1) is 11.5. The van der Waals surface area contributed by atoms with E-state index >= 15 is 0 Å². The van der Waals surface area contributed by atoms with E-state index in [0.717, 1.165) is 18.9 Å². The van der Waals surface area contributed by atoms with Crippen LogP contribution in [-0.2, 0) is 0 Å². The highest BCUT2D eigenvalue weighted by Gasteiger charge is 2.54. The van der Waals surface area contributed by atoms with Crippen molar-refractivity contribution in [2.75, 3.05) is 6.54 Å². The average molecular weight is 337 g/mol. The summed E-state index contributed by atoms with van der Waals surface area (Å²) >= 11 is 0. The molecule has 0 aliphatic heterocycles. The van der Waals surface area contributed by atoms with Crippen molar-refractivity contribution in [2.24, 2.45) is 41.1 Å². The lowest BCUT2D eigenvalue weighted by atomic mass is 9.49. The van der Waals surface area contributed by atoms with Crippen LogP contribution in [0, 0.1) is 29.6 Å². The lowest BCUT2D eigenvalue weighted by molar-refractivity contribution is -0.00771. The predicted molar refractivity (Wildman–Crippen MR) is 108 cm³/mol. The zero-order valence-corrected chi connectivity index (χ0v) is 17.1. The van der Waals surface area contributed by atoms with Crippen molar-refractivity contribution >= 4 is 0 Å². The van der Waals surface area contributed by atoms with Crippen molar-refractivity contribution in [2.45, 2.75) is 91.5 Å². The first-order valence-corrected chi connectivity index (χ1v) is 10.7. The van der Waals surface area contributed by atoms with Crippen molar-refractivity contribution in [1.29, 1.82) is 0 Å². The second-order valence-corrected chi connectivity index (χ2v) is 7.94. The molecule has 4 N–H and O–H groups in total. The van der Waals surface area contributed by atoms with Crippen LogP contribution in [0.1, 0.15) is 86.0 Å². The highest BCUT2D eigenvalue weighted by Crippen LogP contribution is 2.56. The normalized spacial score (nSPS) is 39.0. The van der Waals surface area contributed by atoms with Crippen LogP contribution in [0.25, 0.3) is 0 Å². The van der Waals surface area contributed by atoms with E-state index in [2.05, 4.69) is 27.4 Å². The van der Waals surface area contributed by atoms with Crippen molar-refractivity contribution in [3.05, 3.63) is 12.2 Å². The van der Waals surface area contributed by atoms with Crippen LogP contribution < -0.4 is 11.5 Å². The van der Waals surface area contributed by atoms with E-state index < -0.39 is 0 Å². The molecular weight excluding hydrogens is 292 g/mol. The van der Waals surface area contributed by atoms with Gasteiger partial charge in [-0.1, -0.05) is 66.0 Å². The summed E-state index contributed by atoms with van der Waals surface area (Å²) < 4.78 is 0. The van der Waals surface area contributed by atoms with Gasteiger partial charge in [-0.05, 0) is 68.2 Å². The Hall–Kier alpha value is -0.340. The summed E-state index contributed by atoms with van der Waals surface area (Å²) in [7, 11) is 0. The Balaban J connectivity index is 0.00000139. The van der Waals surface area contributed by atoms with Crippen LogP contribution in [0.3, 0.4) is 0 Å². The van der Waals surface area contributed by atoms with Gasteiger partial charge in [-0.15, -0.1) is 0 Å². The Labute approximate surface area is 151 Å². The predicted octanol–water partition coefficient (Wildman–Crippen LogP) is 5.51. The fourth-order valence-corrected chi connectivity index (χ4v) is 5.85. The van der Waals surface area contributed by atoms with Gasteiger partial charge >= 0.3 is 0 Å². The highest BCUT2D eigenvalue weighted by molar-refractivity contribution is 5.22. The first kappa shape index (κ1) is 21.7. The zero-order valence-electron chi connectivity index (χ0n) is 17.1. The van der Waals surface area contributed by atoms with Crippen molar-refractivity contribution in [1.82, 2.24) is 0 Å². The largest absolute Gasteiger partial charge is 0.330 e. The molecule has 0 aromatic rings. The van der Waals surface area contributed by atoms with Crippen molar-refractivity contribution in [3.63, 3.8) is 0 Å². The van der Waals surface area contributed by atoms with Gasteiger partial charge in [0.2, 0.25) is 0 Å². The van der Waals surface area contributed by atoms with Crippen LogP contribution in [0.4, 0.5) is 0 Å². The van der Waals surface area contributed by atoms with Gasteiger partial charge in [0.05, 0.1) is 0 Å². The Kier molecular flexibility index (Phi) is 9.01. The Morgan fingerprint density at radius 2 is 1.71 bits per heavy atom. The summed E-state index contributed by atoms with van der Waals surface area (Å²) in [5.41, 5.74) is 14.7. The number of rotatable bonds is 6. The van der Waals surface area contributed by atoms with Crippen LogP contribution in [-0.4, -0.2) is 12.1 Å². The van der Waals surface area contributed by atoms with E-state index in [9.17, 15) is 0 Å². The number of hydrogen-bond donors (Lipinski definition) is 2. The fraction of sp³-hybridized carbons (Fsp3) is 0.909. The van der Waals surface area contributed by atoms with E-state index in [0.29, 0.717) is 23.7 Å². The fourth-order valence-electron chi connectivity index (χ4n) is 5.85. The van der Waals surface area contributed by atoms with Gasteiger partial charge < -0.3 is 11.5 Å². The Morgan fingerprint density at radius 3 is 2.21 bits per heavy atom. The summed E-state index contributed by atoms with van der Waals surface area (Å²) in [4.78, 5) is 0. The van der Waals surface area contributed by atoms with E-state index in [4.69, 9.17) is 11.5 Å². The molecule has 0 amide bonds. The Bertz CT molecular complexity index is 378. The molecule has 0 saturated heterocycles. The summed E-state index contributed by atoms with van der Waals surface area (Å²) in [5.74, 6) is 3.22. The lowest BCUT2D eigenvalue weighted by Gasteiger charge is -2.59. The van der Waals surface area contributed by atoms with Gasteiger partial charge in [-0.3, -0.25) is 0 Å². The number of nitrogens with two attached hydrogens (primary N) is 2. The van der Waals surface area contributed by atoms with Gasteiger partial charge in [0.25, 0.3) is 0 Å². The maximum Gasteiger partial charge on any atom is 0.0226 e. The molecule has 0 radical (unpaired) electrons. The third kappa shape index (κ3) is 4.07. The molecule has 2 heteroatoms. The molecule has 2 rings (SSSR count). The second-order valence-electron chi connectivity index (χ2n) is 7.94. The van der Waals surface area contributed by atoms with Crippen LogP contribution >= 0.6 is 0 Å². The van der Waals surface area contributed by atoms with Gasteiger partial charge in [0.1, 0.15) is 0 Å². The minimum atomic E-state index is 0. The van der Waals surface area contributed by atoms with Gasteiger partial charge in [-0.2, -0.15) is 0 Å².